The Kier molecular flexibility index (Phi) is 5.22. The Morgan fingerprint density at radius 1 is 1.15 bits per heavy atom. The number of aryl methyl sites for hydroxylation is 1. The number of hydrogen-bond acceptors (Lipinski definition) is 1. The first-order valence-corrected chi connectivity index (χ1v) is 7.59. The fourth-order valence-corrected chi connectivity index (χ4v) is 2.53. The first-order chi connectivity index (χ1) is 9.72. The summed E-state index contributed by atoms with van der Waals surface area (Å²) in [5.74, 6) is 0.120. The third-order valence-electron chi connectivity index (χ3n) is 3.67. The van der Waals surface area contributed by atoms with Crippen LogP contribution in [0.15, 0.2) is 24.3 Å². The lowest BCUT2D eigenvalue weighted by Crippen LogP contribution is -2.11. The van der Waals surface area contributed by atoms with Gasteiger partial charge in [-0.1, -0.05) is 50.8 Å². The third-order valence-corrected chi connectivity index (χ3v) is 3.67. The lowest BCUT2D eigenvalue weighted by atomic mass is 10.1. The van der Waals surface area contributed by atoms with Crippen LogP contribution in [-0.2, 0) is 4.79 Å². The number of aromatic amines is 1. The fraction of sp³-hybridized carbons (Fsp3) is 0.471. The summed E-state index contributed by atoms with van der Waals surface area (Å²) in [4.78, 5) is 15.3. The minimum atomic E-state index is 0.120. The molecule has 1 aromatic carbocycles. The summed E-state index contributed by atoms with van der Waals surface area (Å²) in [5.41, 5.74) is 3.02. The number of fused-ring (bicyclic) bond motifs is 1. The molecule has 0 aliphatic carbocycles. The maximum atomic E-state index is 12.0. The Bertz CT molecular complexity index is 571. The average molecular weight is 272 g/mol. The van der Waals surface area contributed by atoms with Crippen molar-refractivity contribution < 1.29 is 4.79 Å². The molecular weight excluding hydrogens is 248 g/mol. The molecule has 0 aliphatic rings. The van der Waals surface area contributed by atoms with Crippen molar-refractivity contribution in [2.24, 2.45) is 0 Å². The zero-order chi connectivity index (χ0) is 14.4. The summed E-state index contributed by atoms with van der Waals surface area (Å²) in [6, 6.07) is 8.06. The van der Waals surface area contributed by atoms with Crippen LogP contribution in [0, 0.1) is 6.92 Å². The van der Waals surface area contributed by atoms with Crippen LogP contribution in [0.2, 0.25) is 0 Å². The molecule has 1 heterocycles. The lowest BCUT2D eigenvalue weighted by molar-refractivity contribution is -0.116. The Morgan fingerprint density at radius 3 is 2.70 bits per heavy atom. The van der Waals surface area contributed by atoms with Crippen LogP contribution in [0.25, 0.3) is 10.9 Å². The monoisotopic (exact) mass is 272 g/mol. The quantitative estimate of drug-likeness (QED) is 0.700. The smallest absolute Gasteiger partial charge is 0.224 e. The minimum absolute atomic E-state index is 0.120. The predicted molar refractivity (Wildman–Crippen MR) is 85.0 cm³/mol. The molecule has 0 saturated heterocycles. The van der Waals surface area contributed by atoms with Gasteiger partial charge in [0, 0.05) is 23.0 Å². The van der Waals surface area contributed by atoms with Crippen molar-refractivity contribution in [3.05, 3.63) is 30.0 Å². The van der Waals surface area contributed by atoms with E-state index in [-0.39, 0.29) is 5.91 Å². The van der Waals surface area contributed by atoms with Crippen LogP contribution in [0.1, 0.15) is 51.1 Å². The highest BCUT2D eigenvalue weighted by molar-refractivity contribution is 6.02. The van der Waals surface area contributed by atoms with Crippen molar-refractivity contribution in [2.75, 3.05) is 5.32 Å². The maximum Gasteiger partial charge on any atom is 0.224 e. The number of H-pyrrole nitrogens is 1. The van der Waals surface area contributed by atoms with Gasteiger partial charge >= 0.3 is 0 Å². The lowest BCUT2D eigenvalue weighted by Gasteiger charge is -2.05. The van der Waals surface area contributed by atoms with Gasteiger partial charge in [-0.15, -0.1) is 0 Å². The minimum Gasteiger partial charge on any atom is -0.357 e. The summed E-state index contributed by atoms with van der Waals surface area (Å²) in [6.45, 7) is 4.20. The van der Waals surface area contributed by atoms with E-state index in [1.54, 1.807) is 0 Å². The molecule has 0 atom stereocenters. The van der Waals surface area contributed by atoms with Crippen molar-refractivity contribution in [3.63, 3.8) is 0 Å². The molecule has 20 heavy (non-hydrogen) atoms. The highest BCUT2D eigenvalue weighted by Crippen LogP contribution is 2.27. The molecule has 108 valence electrons. The molecule has 0 bridgehead atoms. The molecule has 0 saturated carbocycles. The Hall–Kier alpha value is -1.77. The number of carbonyl (C=O) groups excluding carboxylic acids is 1. The molecule has 0 spiro atoms. The molecule has 0 aliphatic heterocycles. The van der Waals surface area contributed by atoms with Gasteiger partial charge in [-0.2, -0.15) is 0 Å². The number of nitrogens with one attached hydrogen (secondary N) is 2. The second kappa shape index (κ2) is 7.13. The Morgan fingerprint density at radius 2 is 1.90 bits per heavy atom. The number of hydrogen-bond donors (Lipinski definition) is 2. The molecule has 1 amide bonds. The molecular formula is C17H24N2O. The number of para-hydroxylation sites is 1. The molecule has 3 heteroatoms. The largest absolute Gasteiger partial charge is 0.357 e. The normalized spacial score (nSPS) is 10.9. The van der Waals surface area contributed by atoms with Gasteiger partial charge in [-0.05, 0) is 19.4 Å². The molecule has 0 unspecified atom stereocenters. The third kappa shape index (κ3) is 3.62. The van der Waals surface area contributed by atoms with Gasteiger partial charge in [0.15, 0.2) is 0 Å². The van der Waals surface area contributed by atoms with Gasteiger partial charge in [0.05, 0.1) is 5.69 Å². The van der Waals surface area contributed by atoms with Crippen molar-refractivity contribution in [2.45, 2.75) is 52.4 Å². The second-order valence-corrected chi connectivity index (χ2v) is 5.38. The second-order valence-electron chi connectivity index (χ2n) is 5.38. The zero-order valence-corrected chi connectivity index (χ0v) is 12.5. The fourth-order valence-electron chi connectivity index (χ4n) is 2.53. The van der Waals surface area contributed by atoms with Crippen LogP contribution >= 0.6 is 0 Å². The van der Waals surface area contributed by atoms with Crippen LogP contribution in [0.5, 0.6) is 0 Å². The van der Waals surface area contributed by atoms with E-state index in [1.165, 1.54) is 19.3 Å². The summed E-state index contributed by atoms with van der Waals surface area (Å²) < 4.78 is 0. The van der Waals surface area contributed by atoms with E-state index < -0.39 is 0 Å². The van der Waals surface area contributed by atoms with Gasteiger partial charge in [-0.3, -0.25) is 4.79 Å². The predicted octanol–water partition coefficient (Wildman–Crippen LogP) is 4.78. The van der Waals surface area contributed by atoms with E-state index in [1.807, 2.05) is 31.2 Å². The van der Waals surface area contributed by atoms with Gasteiger partial charge in [0.2, 0.25) is 5.91 Å². The summed E-state index contributed by atoms with van der Waals surface area (Å²) in [7, 11) is 0. The van der Waals surface area contributed by atoms with E-state index in [0.29, 0.717) is 6.42 Å². The first kappa shape index (κ1) is 14.6. The van der Waals surface area contributed by atoms with E-state index >= 15 is 0 Å². The maximum absolute atomic E-state index is 12.0. The highest BCUT2D eigenvalue weighted by Gasteiger charge is 2.10. The van der Waals surface area contributed by atoms with Crippen LogP contribution in [0.4, 0.5) is 5.69 Å². The van der Waals surface area contributed by atoms with Crippen molar-refractivity contribution in [1.82, 2.24) is 4.98 Å². The van der Waals surface area contributed by atoms with Crippen LogP contribution < -0.4 is 5.32 Å². The van der Waals surface area contributed by atoms with E-state index in [9.17, 15) is 4.79 Å². The summed E-state index contributed by atoms with van der Waals surface area (Å²) in [5, 5.41) is 4.14. The van der Waals surface area contributed by atoms with Crippen molar-refractivity contribution in [1.29, 1.82) is 0 Å². The molecule has 0 radical (unpaired) electrons. The molecule has 3 nitrogen and oxygen atoms in total. The number of unbranched alkanes of at least 4 members (excludes halogenated alkanes) is 4. The Labute approximate surface area is 120 Å². The molecule has 1 aromatic heterocycles. The molecule has 2 N–H and O–H groups in total. The molecule has 2 aromatic rings. The van der Waals surface area contributed by atoms with E-state index in [4.69, 9.17) is 0 Å². The van der Waals surface area contributed by atoms with Crippen molar-refractivity contribution >= 4 is 22.5 Å². The zero-order valence-electron chi connectivity index (χ0n) is 12.5. The van der Waals surface area contributed by atoms with E-state index in [2.05, 4.69) is 17.2 Å². The van der Waals surface area contributed by atoms with E-state index in [0.717, 1.165) is 35.1 Å². The van der Waals surface area contributed by atoms with Crippen LogP contribution in [-0.4, -0.2) is 10.9 Å². The summed E-state index contributed by atoms with van der Waals surface area (Å²) in [6.07, 6.45) is 6.48. The van der Waals surface area contributed by atoms with Crippen LogP contribution in [0.3, 0.4) is 0 Å². The van der Waals surface area contributed by atoms with Gasteiger partial charge in [0.1, 0.15) is 0 Å². The highest BCUT2D eigenvalue weighted by atomic mass is 16.1. The van der Waals surface area contributed by atoms with Crippen molar-refractivity contribution in [3.8, 4) is 0 Å². The number of carbonyl (C=O) groups is 1. The summed E-state index contributed by atoms with van der Waals surface area (Å²) >= 11 is 0. The number of aromatic nitrogens is 1. The topological polar surface area (TPSA) is 44.9 Å². The number of amides is 1. The first-order valence-electron chi connectivity index (χ1n) is 7.59. The number of rotatable bonds is 7. The number of anilines is 1. The standard InChI is InChI=1S/C17H24N2O/c1-3-4-5-6-7-12-16(20)19-17-13(2)18-15-11-9-8-10-14(15)17/h8-11,18H,3-7,12H2,1-2H3,(H,19,20). The molecule has 0 fully saturated rings. The molecule has 2 rings (SSSR count). The average Bonchev–Trinajstić information content (AvgIpc) is 2.75. The van der Waals surface area contributed by atoms with Gasteiger partial charge < -0.3 is 10.3 Å². The van der Waals surface area contributed by atoms with Gasteiger partial charge in [0.25, 0.3) is 0 Å². The van der Waals surface area contributed by atoms with Gasteiger partial charge in [-0.25, -0.2) is 0 Å². The SMILES string of the molecule is CCCCCCCC(=O)Nc1c(C)[nH]c2ccccc12. The number of benzene rings is 1. The Balaban J connectivity index is 1.91.